The fourth-order valence-corrected chi connectivity index (χ4v) is 1.65. The lowest BCUT2D eigenvalue weighted by Crippen LogP contribution is -2.36. The standard InChI is InChI=1S/C14H20N2O4/c1-9(2)13(17)8-15-14(18)10(3)11-5-4-6-12(7-11)16(19)20/h4-7,9-10,13,17H,8H2,1-3H3,(H,15,18). The van der Waals surface area contributed by atoms with Crippen LogP contribution in [0.25, 0.3) is 0 Å². The van der Waals surface area contributed by atoms with Crippen LogP contribution in [0.5, 0.6) is 0 Å². The van der Waals surface area contributed by atoms with Gasteiger partial charge in [0.15, 0.2) is 0 Å². The van der Waals surface area contributed by atoms with Crippen LogP contribution in [0.3, 0.4) is 0 Å². The summed E-state index contributed by atoms with van der Waals surface area (Å²) >= 11 is 0. The number of nitrogens with zero attached hydrogens (tertiary/aromatic N) is 1. The first-order chi connectivity index (χ1) is 9.32. The molecule has 1 rings (SSSR count). The van der Waals surface area contributed by atoms with Gasteiger partial charge < -0.3 is 10.4 Å². The molecule has 1 aromatic rings. The zero-order valence-electron chi connectivity index (χ0n) is 11.9. The van der Waals surface area contributed by atoms with Crippen LogP contribution in [0.1, 0.15) is 32.3 Å². The second-order valence-corrected chi connectivity index (χ2v) is 5.13. The van der Waals surface area contributed by atoms with Crippen molar-refractivity contribution >= 4 is 11.6 Å². The fraction of sp³-hybridized carbons (Fsp3) is 0.500. The summed E-state index contributed by atoms with van der Waals surface area (Å²) in [6.07, 6.45) is -0.601. The Hall–Kier alpha value is -1.95. The number of nitrogens with one attached hydrogen (secondary N) is 1. The average molecular weight is 280 g/mol. The monoisotopic (exact) mass is 280 g/mol. The minimum absolute atomic E-state index is 0.0376. The first kappa shape index (κ1) is 16.1. The number of nitro groups is 1. The van der Waals surface area contributed by atoms with Crippen molar-refractivity contribution in [1.82, 2.24) is 5.32 Å². The van der Waals surface area contributed by atoms with E-state index in [0.717, 1.165) is 0 Å². The van der Waals surface area contributed by atoms with Crippen molar-refractivity contribution in [1.29, 1.82) is 0 Å². The lowest BCUT2D eigenvalue weighted by molar-refractivity contribution is -0.384. The number of carbonyl (C=O) groups is 1. The number of carbonyl (C=O) groups excluding carboxylic acids is 1. The molecule has 0 aliphatic carbocycles. The van der Waals surface area contributed by atoms with E-state index in [4.69, 9.17) is 0 Å². The van der Waals surface area contributed by atoms with Gasteiger partial charge >= 0.3 is 0 Å². The predicted octanol–water partition coefficient (Wildman–Crippen LogP) is 1.83. The highest BCUT2D eigenvalue weighted by atomic mass is 16.6. The summed E-state index contributed by atoms with van der Waals surface area (Å²) in [5.41, 5.74) is 0.542. The summed E-state index contributed by atoms with van der Waals surface area (Å²) in [4.78, 5) is 22.2. The second-order valence-electron chi connectivity index (χ2n) is 5.13. The Morgan fingerprint density at radius 3 is 2.60 bits per heavy atom. The Morgan fingerprint density at radius 1 is 1.40 bits per heavy atom. The largest absolute Gasteiger partial charge is 0.391 e. The van der Waals surface area contributed by atoms with Crippen LogP contribution in [0.2, 0.25) is 0 Å². The van der Waals surface area contributed by atoms with Crippen LogP contribution in [0.15, 0.2) is 24.3 Å². The molecular weight excluding hydrogens is 260 g/mol. The zero-order chi connectivity index (χ0) is 15.3. The van der Waals surface area contributed by atoms with Crippen LogP contribution >= 0.6 is 0 Å². The molecule has 6 heteroatoms. The molecule has 110 valence electrons. The molecule has 0 spiro atoms. The first-order valence-electron chi connectivity index (χ1n) is 6.53. The maximum atomic E-state index is 12.0. The van der Waals surface area contributed by atoms with Crippen LogP contribution in [-0.2, 0) is 4.79 Å². The van der Waals surface area contributed by atoms with Crippen molar-refractivity contribution in [2.75, 3.05) is 6.54 Å². The second kappa shape index (κ2) is 7.00. The lowest BCUT2D eigenvalue weighted by Gasteiger charge is -2.17. The van der Waals surface area contributed by atoms with Gasteiger partial charge in [-0.1, -0.05) is 26.0 Å². The summed E-state index contributed by atoms with van der Waals surface area (Å²) in [7, 11) is 0. The summed E-state index contributed by atoms with van der Waals surface area (Å²) < 4.78 is 0. The fourth-order valence-electron chi connectivity index (χ4n) is 1.65. The molecule has 0 fully saturated rings. The SMILES string of the molecule is CC(C(=O)NCC(O)C(C)C)c1cccc([N+](=O)[O-])c1. The molecule has 1 amide bonds. The Balaban J connectivity index is 2.69. The minimum Gasteiger partial charge on any atom is -0.391 e. The number of benzene rings is 1. The van der Waals surface area contributed by atoms with E-state index < -0.39 is 16.9 Å². The summed E-state index contributed by atoms with van der Waals surface area (Å²) in [6.45, 7) is 5.58. The highest BCUT2D eigenvalue weighted by Gasteiger charge is 2.19. The topological polar surface area (TPSA) is 92.5 Å². The van der Waals surface area contributed by atoms with Gasteiger partial charge in [-0.05, 0) is 18.4 Å². The molecule has 0 aliphatic heterocycles. The van der Waals surface area contributed by atoms with Gasteiger partial charge in [-0.2, -0.15) is 0 Å². The molecule has 2 atom stereocenters. The predicted molar refractivity (Wildman–Crippen MR) is 75.4 cm³/mol. The Labute approximate surface area is 118 Å². The zero-order valence-corrected chi connectivity index (χ0v) is 11.9. The lowest BCUT2D eigenvalue weighted by atomic mass is 9.99. The van der Waals surface area contributed by atoms with E-state index in [-0.39, 0.29) is 24.1 Å². The number of rotatable bonds is 6. The molecule has 0 saturated heterocycles. The molecule has 0 saturated carbocycles. The van der Waals surface area contributed by atoms with Crippen molar-refractivity contribution in [2.24, 2.45) is 5.92 Å². The number of hydrogen-bond donors (Lipinski definition) is 2. The van der Waals surface area contributed by atoms with Crippen molar-refractivity contribution < 1.29 is 14.8 Å². The van der Waals surface area contributed by atoms with Crippen LogP contribution in [0.4, 0.5) is 5.69 Å². The minimum atomic E-state index is -0.601. The van der Waals surface area contributed by atoms with Gasteiger partial charge in [0.2, 0.25) is 5.91 Å². The van der Waals surface area contributed by atoms with Crippen molar-refractivity contribution in [3.05, 3.63) is 39.9 Å². The van der Waals surface area contributed by atoms with Gasteiger partial charge in [0.05, 0.1) is 16.9 Å². The van der Waals surface area contributed by atoms with Crippen LogP contribution in [-0.4, -0.2) is 28.6 Å². The van der Waals surface area contributed by atoms with Crippen LogP contribution < -0.4 is 5.32 Å². The van der Waals surface area contributed by atoms with E-state index in [1.807, 2.05) is 13.8 Å². The molecule has 0 aliphatic rings. The van der Waals surface area contributed by atoms with Gasteiger partial charge in [-0.3, -0.25) is 14.9 Å². The molecule has 6 nitrogen and oxygen atoms in total. The van der Waals surface area contributed by atoms with Gasteiger partial charge in [0, 0.05) is 18.7 Å². The van der Waals surface area contributed by atoms with E-state index >= 15 is 0 Å². The highest BCUT2D eigenvalue weighted by Crippen LogP contribution is 2.20. The molecule has 1 aromatic carbocycles. The molecule has 0 aromatic heterocycles. The van der Waals surface area contributed by atoms with Gasteiger partial charge in [-0.15, -0.1) is 0 Å². The maximum absolute atomic E-state index is 12.0. The molecule has 2 N–H and O–H groups in total. The summed E-state index contributed by atoms with van der Waals surface area (Å²) in [6, 6.07) is 6.01. The Bertz CT molecular complexity index is 488. The third-order valence-corrected chi connectivity index (χ3v) is 3.23. The normalized spacial score (nSPS) is 13.8. The number of nitro benzene ring substituents is 1. The summed E-state index contributed by atoms with van der Waals surface area (Å²) in [5, 5.41) is 23.0. The Morgan fingerprint density at radius 2 is 2.05 bits per heavy atom. The van der Waals surface area contributed by atoms with E-state index in [2.05, 4.69) is 5.32 Å². The maximum Gasteiger partial charge on any atom is 0.269 e. The molecule has 20 heavy (non-hydrogen) atoms. The van der Waals surface area contributed by atoms with Crippen LogP contribution in [0, 0.1) is 16.0 Å². The molecule has 0 radical (unpaired) electrons. The van der Waals surface area contributed by atoms with E-state index in [1.165, 1.54) is 12.1 Å². The number of non-ortho nitro benzene ring substituents is 1. The Kier molecular flexibility index (Phi) is 5.64. The van der Waals surface area contributed by atoms with Gasteiger partial charge in [0.1, 0.15) is 0 Å². The molecule has 0 heterocycles. The number of hydrogen-bond acceptors (Lipinski definition) is 4. The highest BCUT2D eigenvalue weighted by molar-refractivity contribution is 5.83. The first-order valence-corrected chi connectivity index (χ1v) is 6.53. The average Bonchev–Trinajstić information content (AvgIpc) is 2.43. The molecular formula is C14H20N2O4. The smallest absolute Gasteiger partial charge is 0.269 e. The van der Waals surface area contributed by atoms with Crippen molar-refractivity contribution in [3.8, 4) is 0 Å². The van der Waals surface area contributed by atoms with Gasteiger partial charge in [-0.25, -0.2) is 0 Å². The molecule has 2 unspecified atom stereocenters. The third-order valence-electron chi connectivity index (χ3n) is 3.23. The van der Waals surface area contributed by atoms with E-state index in [9.17, 15) is 20.0 Å². The van der Waals surface area contributed by atoms with Gasteiger partial charge in [0.25, 0.3) is 5.69 Å². The number of aliphatic hydroxyl groups is 1. The van der Waals surface area contributed by atoms with Crippen molar-refractivity contribution in [3.63, 3.8) is 0 Å². The van der Waals surface area contributed by atoms with E-state index in [0.29, 0.717) is 5.56 Å². The number of amides is 1. The summed E-state index contributed by atoms with van der Waals surface area (Å²) in [5.74, 6) is -0.706. The van der Waals surface area contributed by atoms with Crippen molar-refractivity contribution in [2.45, 2.75) is 32.8 Å². The third kappa shape index (κ3) is 4.31. The van der Waals surface area contributed by atoms with E-state index in [1.54, 1.807) is 19.1 Å². The molecule has 0 bridgehead atoms. The quantitative estimate of drug-likeness (QED) is 0.614. The number of aliphatic hydroxyl groups excluding tert-OH is 1.